The van der Waals surface area contributed by atoms with Crippen LogP contribution in [0.4, 0.5) is 13.2 Å². The van der Waals surface area contributed by atoms with Gasteiger partial charge < -0.3 is 9.84 Å². The average molecular weight is 408 g/mol. The summed E-state index contributed by atoms with van der Waals surface area (Å²) in [5, 5.41) is 14.1. The van der Waals surface area contributed by atoms with E-state index in [0.29, 0.717) is 17.5 Å². The number of carbonyl (C=O) groups excluding carboxylic acids is 1. The van der Waals surface area contributed by atoms with Gasteiger partial charge in [-0.1, -0.05) is 6.07 Å². The molecule has 0 atom stereocenters. The second kappa shape index (κ2) is 8.71. The van der Waals surface area contributed by atoms with Crippen LogP contribution in [0.3, 0.4) is 0 Å². The summed E-state index contributed by atoms with van der Waals surface area (Å²) in [6.07, 6.45) is 0.270. The molecule has 0 saturated carbocycles. The number of hydrogen-bond acceptors (Lipinski definition) is 4. The van der Waals surface area contributed by atoms with Crippen molar-refractivity contribution in [3.05, 3.63) is 46.8 Å². The summed E-state index contributed by atoms with van der Waals surface area (Å²) in [4.78, 5) is 11.3. The van der Waals surface area contributed by atoms with Crippen LogP contribution in [0.15, 0.2) is 30.0 Å². The van der Waals surface area contributed by atoms with E-state index in [2.05, 4.69) is 5.10 Å². The molecule has 0 spiro atoms. The Balaban J connectivity index is 1.84. The third-order valence-corrected chi connectivity index (χ3v) is 5.11. The first-order valence-electron chi connectivity index (χ1n) is 9.50. The molecule has 5 nitrogen and oxygen atoms in total. The minimum absolute atomic E-state index is 0.0955. The number of aromatic hydroxyl groups is 1. The van der Waals surface area contributed by atoms with Crippen molar-refractivity contribution in [2.45, 2.75) is 51.7 Å². The molecular formula is C21H23F3N2O3. The van der Waals surface area contributed by atoms with Crippen molar-refractivity contribution in [2.24, 2.45) is 0 Å². The van der Waals surface area contributed by atoms with Crippen LogP contribution >= 0.6 is 0 Å². The SMILES string of the molecule is Cc1ccc(OCC2=C(c3ccnn3CCC(F)(F)F)CCCC2)c(C=O)c1O. The largest absolute Gasteiger partial charge is 0.507 e. The van der Waals surface area contributed by atoms with E-state index in [1.807, 2.05) is 0 Å². The maximum absolute atomic E-state index is 12.6. The molecule has 1 heterocycles. The fraction of sp³-hybridized carbons (Fsp3) is 0.429. The first-order chi connectivity index (χ1) is 13.8. The number of ether oxygens (including phenoxy) is 1. The molecule has 1 aromatic heterocycles. The third kappa shape index (κ3) is 4.99. The molecule has 3 rings (SSSR count). The normalized spacial score (nSPS) is 14.9. The predicted molar refractivity (Wildman–Crippen MR) is 102 cm³/mol. The lowest BCUT2D eigenvalue weighted by molar-refractivity contribution is -0.137. The first-order valence-corrected chi connectivity index (χ1v) is 9.50. The Kier molecular flexibility index (Phi) is 6.30. The summed E-state index contributed by atoms with van der Waals surface area (Å²) < 4.78 is 45.1. The molecule has 1 aliphatic rings. The lowest BCUT2D eigenvalue weighted by atomic mass is 9.90. The number of carbonyl (C=O) groups is 1. The summed E-state index contributed by atoms with van der Waals surface area (Å²) in [7, 11) is 0. The van der Waals surface area contributed by atoms with Crippen molar-refractivity contribution in [1.82, 2.24) is 9.78 Å². The van der Waals surface area contributed by atoms with Gasteiger partial charge in [0.05, 0.1) is 24.2 Å². The van der Waals surface area contributed by atoms with Gasteiger partial charge in [-0.05, 0) is 61.4 Å². The van der Waals surface area contributed by atoms with Gasteiger partial charge in [-0.3, -0.25) is 9.48 Å². The van der Waals surface area contributed by atoms with E-state index >= 15 is 0 Å². The number of nitrogens with zero attached hydrogens (tertiary/aromatic N) is 2. The number of phenolic OH excluding ortho intramolecular Hbond substituents is 1. The topological polar surface area (TPSA) is 64.4 Å². The number of allylic oxidation sites excluding steroid dienone is 1. The van der Waals surface area contributed by atoms with Crippen molar-refractivity contribution in [1.29, 1.82) is 0 Å². The summed E-state index contributed by atoms with van der Waals surface area (Å²) >= 11 is 0. The smallest absolute Gasteiger partial charge is 0.390 e. The standard InChI is InChI=1S/C21H23F3N2O3/c1-14-6-7-19(17(12-27)20(14)28)29-13-15-4-2-3-5-16(15)18-8-10-25-26(18)11-9-21(22,23)24/h6-8,10,12,28H,2-5,9,11,13H2,1H3. The van der Waals surface area contributed by atoms with Crippen molar-refractivity contribution >= 4 is 11.9 Å². The fourth-order valence-electron chi connectivity index (χ4n) is 3.54. The number of rotatable bonds is 7. The molecule has 0 aliphatic heterocycles. The molecule has 0 bridgehead atoms. The number of alkyl halides is 3. The highest BCUT2D eigenvalue weighted by Crippen LogP contribution is 2.35. The Bertz CT molecular complexity index is 916. The van der Waals surface area contributed by atoms with Gasteiger partial charge in [-0.15, -0.1) is 0 Å². The van der Waals surface area contributed by atoms with Gasteiger partial charge in [0.25, 0.3) is 0 Å². The van der Waals surface area contributed by atoms with E-state index < -0.39 is 12.6 Å². The summed E-state index contributed by atoms with van der Waals surface area (Å²) in [5.74, 6) is 0.173. The molecule has 1 N–H and O–H groups in total. The summed E-state index contributed by atoms with van der Waals surface area (Å²) in [5.41, 5.74) is 3.26. The van der Waals surface area contributed by atoms with Gasteiger partial charge in [0.15, 0.2) is 6.29 Å². The van der Waals surface area contributed by atoms with Gasteiger partial charge >= 0.3 is 6.18 Å². The molecule has 1 aromatic carbocycles. The van der Waals surface area contributed by atoms with Crippen molar-refractivity contribution < 1.29 is 27.8 Å². The maximum atomic E-state index is 12.6. The zero-order chi connectivity index (χ0) is 21.0. The number of aromatic nitrogens is 2. The highest BCUT2D eigenvalue weighted by Gasteiger charge is 2.28. The molecule has 156 valence electrons. The Labute approximate surface area is 166 Å². The maximum Gasteiger partial charge on any atom is 0.390 e. The number of aryl methyl sites for hydroxylation is 2. The molecule has 0 saturated heterocycles. The molecule has 0 amide bonds. The second-order valence-corrected chi connectivity index (χ2v) is 7.14. The van der Waals surface area contributed by atoms with E-state index in [9.17, 15) is 23.1 Å². The Morgan fingerprint density at radius 2 is 2.00 bits per heavy atom. The van der Waals surface area contributed by atoms with Crippen molar-refractivity contribution in [3.8, 4) is 11.5 Å². The lowest BCUT2D eigenvalue weighted by Crippen LogP contribution is -2.16. The number of hydrogen-bond donors (Lipinski definition) is 1. The Morgan fingerprint density at radius 1 is 1.24 bits per heavy atom. The van der Waals surface area contributed by atoms with Crippen molar-refractivity contribution in [3.63, 3.8) is 0 Å². The van der Waals surface area contributed by atoms with Crippen LogP contribution in [0.5, 0.6) is 11.5 Å². The molecule has 29 heavy (non-hydrogen) atoms. The number of phenols is 1. The minimum Gasteiger partial charge on any atom is -0.507 e. The van der Waals surface area contributed by atoms with Crippen molar-refractivity contribution in [2.75, 3.05) is 6.61 Å². The number of aldehydes is 1. The Morgan fingerprint density at radius 3 is 2.72 bits per heavy atom. The monoisotopic (exact) mass is 408 g/mol. The number of halogens is 3. The molecule has 0 radical (unpaired) electrons. The van der Waals surface area contributed by atoms with Crippen LogP contribution in [0.2, 0.25) is 0 Å². The van der Waals surface area contributed by atoms with Gasteiger partial charge in [-0.25, -0.2) is 0 Å². The van der Waals surface area contributed by atoms with Gasteiger partial charge in [-0.2, -0.15) is 18.3 Å². The van der Waals surface area contributed by atoms with E-state index in [0.717, 1.165) is 36.8 Å². The van der Waals surface area contributed by atoms with Crippen LogP contribution < -0.4 is 4.74 Å². The molecule has 1 aliphatic carbocycles. The third-order valence-electron chi connectivity index (χ3n) is 5.11. The zero-order valence-electron chi connectivity index (χ0n) is 16.1. The van der Waals surface area contributed by atoms with Crippen LogP contribution in [-0.2, 0) is 6.54 Å². The summed E-state index contributed by atoms with van der Waals surface area (Å²) in [6, 6.07) is 5.03. The van der Waals surface area contributed by atoms with Gasteiger partial charge in [0.2, 0.25) is 0 Å². The minimum atomic E-state index is -4.24. The highest BCUT2D eigenvalue weighted by atomic mass is 19.4. The molecule has 2 aromatic rings. The molecule has 0 fully saturated rings. The van der Waals surface area contributed by atoms with Gasteiger partial charge in [0, 0.05) is 6.20 Å². The summed E-state index contributed by atoms with van der Waals surface area (Å²) in [6.45, 7) is 1.66. The molecule has 8 heteroatoms. The molecule has 0 unspecified atom stereocenters. The van der Waals surface area contributed by atoms with Crippen LogP contribution in [0, 0.1) is 6.92 Å². The van der Waals surface area contributed by atoms with E-state index in [4.69, 9.17) is 4.74 Å². The number of benzene rings is 1. The second-order valence-electron chi connectivity index (χ2n) is 7.14. The van der Waals surface area contributed by atoms with E-state index in [1.54, 1.807) is 25.1 Å². The molecular weight excluding hydrogens is 385 g/mol. The fourth-order valence-corrected chi connectivity index (χ4v) is 3.54. The quantitative estimate of drug-likeness (QED) is 0.650. The highest BCUT2D eigenvalue weighted by molar-refractivity contribution is 5.84. The Hall–Kier alpha value is -2.77. The van der Waals surface area contributed by atoms with E-state index in [1.165, 1.54) is 10.9 Å². The average Bonchev–Trinajstić information content (AvgIpc) is 3.15. The first kappa shape index (κ1) is 21.0. The zero-order valence-corrected chi connectivity index (χ0v) is 16.1. The predicted octanol–water partition coefficient (Wildman–Crippen LogP) is 5.07. The van der Waals surface area contributed by atoms with Crippen LogP contribution in [-0.4, -0.2) is 34.0 Å². The van der Waals surface area contributed by atoms with Crippen LogP contribution in [0.1, 0.15) is 53.7 Å². The van der Waals surface area contributed by atoms with Crippen LogP contribution in [0.25, 0.3) is 5.57 Å². The van der Waals surface area contributed by atoms with Gasteiger partial charge in [0.1, 0.15) is 18.1 Å². The van der Waals surface area contributed by atoms with E-state index in [-0.39, 0.29) is 30.2 Å². The lowest BCUT2D eigenvalue weighted by Gasteiger charge is -2.22.